The molecular formula is C21H23ClFN5O2S. The molecule has 31 heavy (non-hydrogen) atoms. The lowest BCUT2D eigenvalue weighted by Gasteiger charge is -2.26. The van der Waals surface area contributed by atoms with Crippen LogP contribution in [-0.4, -0.2) is 65.6 Å². The monoisotopic (exact) mass is 463 g/mol. The number of nitrogens with zero attached hydrogens (tertiary/aromatic N) is 4. The van der Waals surface area contributed by atoms with Crippen LogP contribution in [-0.2, 0) is 4.74 Å². The molecule has 0 saturated carbocycles. The summed E-state index contributed by atoms with van der Waals surface area (Å²) in [5, 5.41) is 3.94. The SMILES string of the molecule is CSc1nc2c(Nc3ccc(F)c(Cl)c3)ncnc2cc1OCCCN1CCOCC1. The van der Waals surface area contributed by atoms with E-state index < -0.39 is 5.82 Å². The molecule has 3 aromatic rings. The molecule has 0 spiro atoms. The number of rotatable bonds is 8. The van der Waals surface area contributed by atoms with E-state index in [0.717, 1.165) is 44.3 Å². The molecule has 0 unspecified atom stereocenters. The van der Waals surface area contributed by atoms with Crippen LogP contribution >= 0.6 is 23.4 Å². The normalized spacial score (nSPS) is 14.7. The third-order valence-electron chi connectivity index (χ3n) is 4.90. The molecular weight excluding hydrogens is 441 g/mol. The number of nitrogens with one attached hydrogen (secondary N) is 1. The molecule has 0 bridgehead atoms. The second kappa shape index (κ2) is 10.4. The largest absolute Gasteiger partial charge is 0.491 e. The zero-order chi connectivity index (χ0) is 21.6. The predicted octanol–water partition coefficient (Wildman–Crippen LogP) is 4.38. The van der Waals surface area contributed by atoms with E-state index >= 15 is 0 Å². The van der Waals surface area contributed by atoms with Crippen LogP contribution in [0.25, 0.3) is 11.0 Å². The molecule has 0 radical (unpaired) electrons. The Morgan fingerprint density at radius 3 is 2.87 bits per heavy atom. The average molecular weight is 464 g/mol. The Hall–Kier alpha value is -2.20. The van der Waals surface area contributed by atoms with Crippen LogP contribution in [0.15, 0.2) is 35.6 Å². The molecule has 2 aromatic heterocycles. The fourth-order valence-electron chi connectivity index (χ4n) is 3.30. The van der Waals surface area contributed by atoms with Crippen molar-refractivity contribution in [3.63, 3.8) is 0 Å². The topological polar surface area (TPSA) is 72.4 Å². The molecule has 164 valence electrons. The summed E-state index contributed by atoms with van der Waals surface area (Å²) in [6.07, 6.45) is 4.33. The summed E-state index contributed by atoms with van der Waals surface area (Å²) in [5.41, 5.74) is 1.88. The van der Waals surface area contributed by atoms with Crippen molar-refractivity contribution in [2.75, 3.05) is 51.0 Å². The molecule has 1 aliphatic heterocycles. The number of halogens is 2. The summed E-state index contributed by atoms with van der Waals surface area (Å²) >= 11 is 7.38. The quantitative estimate of drug-likeness (QED) is 0.389. The number of aromatic nitrogens is 3. The highest BCUT2D eigenvalue weighted by Crippen LogP contribution is 2.32. The van der Waals surface area contributed by atoms with E-state index in [-0.39, 0.29) is 5.02 Å². The molecule has 0 atom stereocenters. The number of benzene rings is 1. The van der Waals surface area contributed by atoms with Gasteiger partial charge in [0.1, 0.15) is 22.7 Å². The first kappa shape index (κ1) is 22.0. The minimum atomic E-state index is -0.474. The maximum atomic E-state index is 13.4. The number of ether oxygens (including phenoxy) is 2. The number of hydrogen-bond acceptors (Lipinski definition) is 8. The lowest BCUT2D eigenvalue weighted by Crippen LogP contribution is -2.37. The van der Waals surface area contributed by atoms with Crippen LogP contribution in [0, 0.1) is 5.82 Å². The molecule has 1 aliphatic rings. The summed E-state index contributed by atoms with van der Waals surface area (Å²) < 4.78 is 24.9. The standard InChI is InChI=1S/C21H23ClFN5O2S/c1-31-21-18(30-8-2-5-28-6-9-29-10-7-28)12-17-19(27-21)20(25-13-24-17)26-14-3-4-16(23)15(22)11-14/h3-4,11-13H,2,5-10H2,1H3,(H,24,25,26). The highest BCUT2D eigenvalue weighted by molar-refractivity contribution is 7.98. The highest BCUT2D eigenvalue weighted by Gasteiger charge is 2.14. The summed E-state index contributed by atoms with van der Waals surface area (Å²) in [6, 6.07) is 6.29. The van der Waals surface area contributed by atoms with Crippen molar-refractivity contribution >= 4 is 45.9 Å². The van der Waals surface area contributed by atoms with Gasteiger partial charge in [0.2, 0.25) is 0 Å². The minimum absolute atomic E-state index is 0.0360. The van der Waals surface area contributed by atoms with Gasteiger partial charge >= 0.3 is 0 Å². The third kappa shape index (κ3) is 5.54. The Morgan fingerprint density at radius 2 is 2.10 bits per heavy atom. The van der Waals surface area contributed by atoms with Crippen molar-refractivity contribution in [2.24, 2.45) is 0 Å². The Balaban J connectivity index is 1.48. The second-order valence-electron chi connectivity index (χ2n) is 7.00. The van der Waals surface area contributed by atoms with Crippen molar-refractivity contribution in [2.45, 2.75) is 11.4 Å². The van der Waals surface area contributed by atoms with Crippen LogP contribution in [0.2, 0.25) is 5.02 Å². The molecule has 0 amide bonds. The van der Waals surface area contributed by atoms with E-state index in [0.29, 0.717) is 34.9 Å². The van der Waals surface area contributed by atoms with Crippen LogP contribution in [0.3, 0.4) is 0 Å². The van der Waals surface area contributed by atoms with Crippen molar-refractivity contribution in [1.29, 1.82) is 0 Å². The molecule has 1 aromatic carbocycles. The maximum Gasteiger partial charge on any atom is 0.160 e. The number of hydrogen-bond donors (Lipinski definition) is 1. The van der Waals surface area contributed by atoms with Gasteiger partial charge in [-0.2, -0.15) is 0 Å². The first-order valence-corrected chi connectivity index (χ1v) is 11.6. The fourth-order valence-corrected chi connectivity index (χ4v) is 3.98. The van der Waals surface area contributed by atoms with E-state index in [4.69, 9.17) is 26.1 Å². The number of anilines is 2. The molecule has 10 heteroatoms. The Morgan fingerprint density at radius 1 is 1.26 bits per heavy atom. The zero-order valence-electron chi connectivity index (χ0n) is 17.1. The van der Waals surface area contributed by atoms with Crippen LogP contribution in [0.1, 0.15) is 6.42 Å². The average Bonchev–Trinajstić information content (AvgIpc) is 2.79. The van der Waals surface area contributed by atoms with Gasteiger partial charge in [0.25, 0.3) is 0 Å². The van der Waals surface area contributed by atoms with Gasteiger partial charge in [0.05, 0.1) is 30.4 Å². The lowest BCUT2D eigenvalue weighted by molar-refractivity contribution is 0.0357. The van der Waals surface area contributed by atoms with E-state index in [1.807, 2.05) is 12.3 Å². The van der Waals surface area contributed by atoms with Gasteiger partial charge < -0.3 is 14.8 Å². The minimum Gasteiger partial charge on any atom is -0.491 e. The number of fused-ring (bicyclic) bond motifs is 1. The van der Waals surface area contributed by atoms with Crippen LogP contribution < -0.4 is 10.1 Å². The third-order valence-corrected chi connectivity index (χ3v) is 5.87. The van der Waals surface area contributed by atoms with Gasteiger partial charge in [-0.25, -0.2) is 19.3 Å². The van der Waals surface area contributed by atoms with E-state index in [1.54, 1.807) is 6.07 Å². The molecule has 0 aliphatic carbocycles. The van der Waals surface area contributed by atoms with Gasteiger partial charge in [0, 0.05) is 31.4 Å². The van der Waals surface area contributed by atoms with Gasteiger partial charge in [-0.1, -0.05) is 11.6 Å². The Labute approximate surface area is 189 Å². The molecule has 3 heterocycles. The molecule has 7 nitrogen and oxygen atoms in total. The number of pyridine rings is 1. The number of thioether (sulfide) groups is 1. The molecule has 1 N–H and O–H groups in total. The van der Waals surface area contributed by atoms with E-state index in [9.17, 15) is 4.39 Å². The van der Waals surface area contributed by atoms with Gasteiger partial charge in [-0.15, -0.1) is 11.8 Å². The molecule has 4 rings (SSSR count). The molecule has 1 saturated heterocycles. The van der Waals surface area contributed by atoms with Crippen molar-refractivity contribution in [3.05, 3.63) is 41.4 Å². The molecule has 1 fully saturated rings. The van der Waals surface area contributed by atoms with E-state index in [1.165, 1.54) is 30.2 Å². The van der Waals surface area contributed by atoms with Gasteiger partial charge in [0.15, 0.2) is 11.6 Å². The summed E-state index contributed by atoms with van der Waals surface area (Å²) in [7, 11) is 0. The summed E-state index contributed by atoms with van der Waals surface area (Å²) in [4.78, 5) is 15.7. The van der Waals surface area contributed by atoms with E-state index in [2.05, 4.69) is 20.2 Å². The first-order chi connectivity index (χ1) is 15.1. The Kier molecular flexibility index (Phi) is 7.39. The van der Waals surface area contributed by atoms with Crippen molar-refractivity contribution in [1.82, 2.24) is 19.9 Å². The fraction of sp³-hybridized carbons (Fsp3) is 0.381. The Bertz CT molecular complexity index is 1050. The smallest absolute Gasteiger partial charge is 0.160 e. The number of morpholine rings is 1. The van der Waals surface area contributed by atoms with Crippen LogP contribution in [0.4, 0.5) is 15.9 Å². The van der Waals surface area contributed by atoms with Gasteiger partial charge in [-0.05, 0) is 30.9 Å². The van der Waals surface area contributed by atoms with Crippen LogP contribution in [0.5, 0.6) is 5.75 Å². The first-order valence-electron chi connectivity index (χ1n) is 9.99. The predicted molar refractivity (Wildman–Crippen MR) is 121 cm³/mol. The highest BCUT2D eigenvalue weighted by atomic mass is 35.5. The summed E-state index contributed by atoms with van der Waals surface area (Å²) in [5.74, 6) is 0.747. The summed E-state index contributed by atoms with van der Waals surface area (Å²) in [6.45, 7) is 5.12. The van der Waals surface area contributed by atoms with Gasteiger partial charge in [-0.3, -0.25) is 4.90 Å². The maximum absolute atomic E-state index is 13.4. The second-order valence-corrected chi connectivity index (χ2v) is 8.20. The van der Waals surface area contributed by atoms with Crippen molar-refractivity contribution < 1.29 is 13.9 Å². The van der Waals surface area contributed by atoms with Crippen molar-refractivity contribution in [3.8, 4) is 5.75 Å². The lowest BCUT2D eigenvalue weighted by atomic mass is 10.3. The zero-order valence-corrected chi connectivity index (χ0v) is 18.7.